The number of hydrogen-bond donors (Lipinski definition) is 2. The van der Waals surface area contributed by atoms with Crippen molar-refractivity contribution >= 4 is 8.32 Å². The number of hydrogen-bond acceptors (Lipinski definition) is 3. The van der Waals surface area contributed by atoms with Gasteiger partial charge in [-0.2, -0.15) is 0 Å². The first kappa shape index (κ1) is 11.7. The summed E-state index contributed by atoms with van der Waals surface area (Å²) in [6.07, 6.45) is 4.01. The van der Waals surface area contributed by atoms with Gasteiger partial charge < -0.3 is 9.85 Å². The van der Waals surface area contributed by atoms with E-state index < -0.39 is 8.32 Å². The van der Waals surface area contributed by atoms with E-state index in [1.807, 2.05) is 6.20 Å². The van der Waals surface area contributed by atoms with Crippen LogP contribution >= 0.6 is 0 Å². The van der Waals surface area contributed by atoms with Crippen molar-refractivity contribution in [2.24, 2.45) is 0 Å². The van der Waals surface area contributed by atoms with Crippen molar-refractivity contribution in [1.29, 1.82) is 0 Å². The Kier molecular flexibility index (Phi) is 3.39. The quantitative estimate of drug-likeness (QED) is 0.705. The lowest BCUT2D eigenvalue weighted by atomic mass is 10.2. The normalized spacial score (nSPS) is 22.5. The number of rotatable bonds is 3. The van der Waals surface area contributed by atoms with Crippen LogP contribution in [0.5, 0.6) is 0 Å². The fraction of sp³-hybridized carbons (Fsp3) is 0.800. The van der Waals surface area contributed by atoms with Crippen LogP contribution in [-0.2, 0) is 4.43 Å². The molecule has 0 aliphatic carbocycles. The second-order valence-electron chi connectivity index (χ2n) is 5.33. The maximum absolute atomic E-state index is 6.06. The van der Waals surface area contributed by atoms with Gasteiger partial charge in [-0.15, -0.1) is 0 Å². The number of nitrogens with one attached hydrogen (secondary N) is 2. The van der Waals surface area contributed by atoms with E-state index in [0.29, 0.717) is 11.1 Å². The van der Waals surface area contributed by atoms with E-state index in [1.54, 1.807) is 0 Å². The highest BCUT2D eigenvalue weighted by molar-refractivity contribution is 6.74. The van der Waals surface area contributed by atoms with Gasteiger partial charge in [0.05, 0.1) is 12.6 Å². The van der Waals surface area contributed by atoms with Gasteiger partial charge in [-0.1, -0.05) is 20.8 Å². The fourth-order valence-electron chi connectivity index (χ4n) is 0.979. The van der Waals surface area contributed by atoms with Gasteiger partial charge in [0.1, 0.15) is 0 Å². The summed E-state index contributed by atoms with van der Waals surface area (Å²) < 4.78 is 6.06. The van der Waals surface area contributed by atoms with Crippen LogP contribution in [0.4, 0.5) is 0 Å². The molecule has 1 aliphatic heterocycles. The minimum Gasteiger partial charge on any atom is -0.415 e. The van der Waals surface area contributed by atoms with Crippen molar-refractivity contribution in [3.05, 3.63) is 12.3 Å². The molecule has 2 N–H and O–H groups in total. The molecule has 0 fully saturated rings. The third-order valence-electron chi connectivity index (χ3n) is 3.11. The van der Waals surface area contributed by atoms with Crippen LogP contribution in [0.2, 0.25) is 18.1 Å². The van der Waals surface area contributed by atoms with Crippen LogP contribution < -0.4 is 10.9 Å². The summed E-state index contributed by atoms with van der Waals surface area (Å²) in [5.41, 5.74) is 6.07. The molecule has 0 aromatic rings. The zero-order valence-corrected chi connectivity index (χ0v) is 10.8. The third kappa shape index (κ3) is 2.83. The molecule has 4 heteroatoms. The van der Waals surface area contributed by atoms with Crippen LogP contribution in [0, 0.1) is 0 Å². The molecule has 0 amide bonds. The molecule has 0 aromatic heterocycles. The zero-order chi connectivity index (χ0) is 10.8. The van der Waals surface area contributed by atoms with E-state index in [-0.39, 0.29) is 0 Å². The smallest absolute Gasteiger partial charge is 0.192 e. The SMILES string of the molecule is CC(C)(C)[Si](C)(C)OCC1C=CNN1. The van der Waals surface area contributed by atoms with Crippen LogP contribution in [0.3, 0.4) is 0 Å². The van der Waals surface area contributed by atoms with Crippen molar-refractivity contribution in [3.63, 3.8) is 0 Å². The van der Waals surface area contributed by atoms with Crippen LogP contribution in [0.1, 0.15) is 20.8 Å². The van der Waals surface area contributed by atoms with E-state index in [0.717, 1.165) is 6.61 Å². The maximum Gasteiger partial charge on any atom is 0.192 e. The van der Waals surface area contributed by atoms with Crippen molar-refractivity contribution in [2.45, 2.75) is 44.9 Å². The molecular weight excluding hydrogens is 192 g/mol. The Morgan fingerprint density at radius 3 is 2.43 bits per heavy atom. The Morgan fingerprint density at radius 1 is 1.36 bits per heavy atom. The molecule has 3 nitrogen and oxygen atoms in total. The summed E-state index contributed by atoms with van der Waals surface area (Å²) in [5, 5.41) is 0.294. The zero-order valence-electron chi connectivity index (χ0n) is 9.85. The van der Waals surface area contributed by atoms with Crippen molar-refractivity contribution in [1.82, 2.24) is 10.9 Å². The average Bonchev–Trinajstić information content (AvgIpc) is 2.50. The molecular formula is C10H22N2OSi. The molecule has 0 saturated carbocycles. The Labute approximate surface area is 88.0 Å². The van der Waals surface area contributed by atoms with Crippen LogP contribution in [0.25, 0.3) is 0 Å². The van der Waals surface area contributed by atoms with Crippen LogP contribution in [-0.4, -0.2) is 21.0 Å². The maximum atomic E-state index is 6.06. The van der Waals surface area contributed by atoms with Crippen LogP contribution in [0.15, 0.2) is 12.3 Å². The van der Waals surface area contributed by atoms with Crippen molar-refractivity contribution in [3.8, 4) is 0 Å². The standard InChI is InChI=1S/C10H22N2OSi/c1-10(2,3)14(4,5)13-8-9-6-7-11-12-9/h6-7,9,11-12H,8H2,1-5H3. The number of hydrazine groups is 1. The molecule has 1 heterocycles. The van der Waals surface area contributed by atoms with Gasteiger partial charge in [0.25, 0.3) is 0 Å². The molecule has 0 saturated heterocycles. The minimum atomic E-state index is -1.57. The van der Waals surface area contributed by atoms with E-state index in [4.69, 9.17) is 4.43 Å². The van der Waals surface area contributed by atoms with Gasteiger partial charge in [0.15, 0.2) is 8.32 Å². The van der Waals surface area contributed by atoms with E-state index >= 15 is 0 Å². The summed E-state index contributed by atoms with van der Waals surface area (Å²) in [5.74, 6) is 0. The topological polar surface area (TPSA) is 33.3 Å². The van der Waals surface area contributed by atoms with Gasteiger partial charge in [-0.25, -0.2) is 5.43 Å². The lowest BCUT2D eigenvalue weighted by molar-refractivity contribution is 0.262. The Balaban J connectivity index is 2.39. The van der Waals surface area contributed by atoms with E-state index in [9.17, 15) is 0 Å². The molecule has 0 radical (unpaired) electrons. The molecule has 14 heavy (non-hydrogen) atoms. The molecule has 82 valence electrons. The second-order valence-corrected chi connectivity index (χ2v) is 10.1. The summed E-state index contributed by atoms with van der Waals surface area (Å²) in [6, 6.07) is 0.323. The summed E-state index contributed by atoms with van der Waals surface area (Å²) in [6.45, 7) is 12.1. The lowest BCUT2D eigenvalue weighted by Crippen LogP contribution is -2.44. The van der Waals surface area contributed by atoms with E-state index in [2.05, 4.69) is 50.8 Å². The molecule has 1 atom stereocenters. The first-order valence-corrected chi connectivity index (χ1v) is 8.05. The molecule has 0 spiro atoms. The lowest BCUT2D eigenvalue weighted by Gasteiger charge is -2.36. The summed E-state index contributed by atoms with van der Waals surface area (Å²) in [7, 11) is -1.57. The molecule has 1 rings (SSSR count). The predicted molar refractivity (Wildman–Crippen MR) is 62.3 cm³/mol. The second kappa shape index (κ2) is 4.04. The first-order chi connectivity index (χ1) is 6.33. The molecule has 0 bridgehead atoms. The van der Waals surface area contributed by atoms with Gasteiger partial charge in [0, 0.05) is 6.20 Å². The van der Waals surface area contributed by atoms with Gasteiger partial charge >= 0.3 is 0 Å². The van der Waals surface area contributed by atoms with Gasteiger partial charge in [-0.3, -0.25) is 0 Å². The molecule has 1 unspecified atom stereocenters. The predicted octanol–water partition coefficient (Wildman–Crippen LogP) is 2.00. The monoisotopic (exact) mass is 214 g/mol. The highest BCUT2D eigenvalue weighted by atomic mass is 28.4. The Hall–Kier alpha value is -0.323. The third-order valence-corrected chi connectivity index (χ3v) is 7.61. The van der Waals surface area contributed by atoms with Gasteiger partial charge in [-0.05, 0) is 24.2 Å². The van der Waals surface area contributed by atoms with Gasteiger partial charge in [0.2, 0.25) is 0 Å². The fourth-order valence-corrected chi connectivity index (χ4v) is 2.01. The Bertz CT molecular complexity index is 221. The highest BCUT2D eigenvalue weighted by Crippen LogP contribution is 2.36. The van der Waals surface area contributed by atoms with Crippen molar-refractivity contribution < 1.29 is 4.43 Å². The molecule has 1 aliphatic rings. The minimum absolute atomic E-state index is 0.294. The summed E-state index contributed by atoms with van der Waals surface area (Å²) >= 11 is 0. The highest BCUT2D eigenvalue weighted by Gasteiger charge is 2.37. The average molecular weight is 214 g/mol. The summed E-state index contributed by atoms with van der Waals surface area (Å²) in [4.78, 5) is 0. The van der Waals surface area contributed by atoms with Crippen molar-refractivity contribution in [2.75, 3.05) is 6.61 Å². The van der Waals surface area contributed by atoms with E-state index in [1.165, 1.54) is 0 Å². The largest absolute Gasteiger partial charge is 0.415 e. The Morgan fingerprint density at radius 2 is 2.00 bits per heavy atom. The molecule has 0 aromatic carbocycles. The first-order valence-electron chi connectivity index (χ1n) is 5.15.